The summed E-state index contributed by atoms with van der Waals surface area (Å²) in [6.45, 7) is 2.07. The highest BCUT2D eigenvalue weighted by Crippen LogP contribution is 2.29. The van der Waals surface area contributed by atoms with Crippen LogP contribution in [-0.2, 0) is 16.6 Å². The average Bonchev–Trinajstić information content (AvgIpc) is 2.84. The lowest BCUT2D eigenvalue weighted by Crippen LogP contribution is -2.27. The Hall–Kier alpha value is -1.15. The van der Waals surface area contributed by atoms with Crippen molar-refractivity contribution in [2.75, 3.05) is 14.2 Å². The molecule has 0 saturated carbocycles. The van der Waals surface area contributed by atoms with Gasteiger partial charge in [0, 0.05) is 17.5 Å². The molecule has 0 aliphatic heterocycles. The summed E-state index contributed by atoms with van der Waals surface area (Å²) in [6.07, 6.45) is 0. The van der Waals surface area contributed by atoms with Gasteiger partial charge in [-0.05, 0) is 25.1 Å². The maximum atomic E-state index is 12.6. The third kappa shape index (κ3) is 3.55. The van der Waals surface area contributed by atoms with E-state index in [0.717, 1.165) is 5.01 Å². The van der Waals surface area contributed by atoms with Crippen LogP contribution in [0.25, 0.3) is 0 Å². The van der Waals surface area contributed by atoms with Gasteiger partial charge in [-0.15, -0.1) is 11.3 Å². The third-order valence-electron chi connectivity index (χ3n) is 2.87. The van der Waals surface area contributed by atoms with Crippen LogP contribution < -0.4 is 4.74 Å². The molecule has 0 saturated heterocycles. The number of aryl methyl sites for hydroxylation is 1. The number of rotatable bonds is 5. The van der Waals surface area contributed by atoms with Crippen LogP contribution in [0.4, 0.5) is 0 Å². The van der Waals surface area contributed by atoms with E-state index in [1.165, 1.54) is 41.9 Å². The van der Waals surface area contributed by atoms with Crippen molar-refractivity contribution in [3.8, 4) is 5.75 Å². The van der Waals surface area contributed by atoms with Gasteiger partial charge in [0.25, 0.3) is 0 Å². The standard InChI is InChI=1S/C13H15ClN2O3S2/c1-9-15-11(8-20-9)7-16(2)21(17,18)13-6-10(14)4-5-12(13)19-3/h4-6,8H,7H2,1-3H3. The minimum absolute atomic E-state index is 0.0481. The Labute approximate surface area is 133 Å². The fraction of sp³-hybridized carbons (Fsp3) is 0.308. The Bertz CT molecular complexity index is 744. The lowest BCUT2D eigenvalue weighted by molar-refractivity contribution is 0.397. The van der Waals surface area contributed by atoms with E-state index in [1.807, 2.05) is 12.3 Å². The number of ether oxygens (including phenoxy) is 1. The molecular formula is C13H15ClN2O3S2. The Morgan fingerprint density at radius 1 is 1.43 bits per heavy atom. The van der Waals surface area contributed by atoms with Crippen LogP contribution in [0.3, 0.4) is 0 Å². The number of thiazole rings is 1. The number of methoxy groups -OCH3 is 1. The number of nitrogens with zero attached hydrogens (tertiary/aromatic N) is 2. The zero-order valence-electron chi connectivity index (χ0n) is 11.8. The highest BCUT2D eigenvalue weighted by atomic mass is 35.5. The molecule has 0 aliphatic rings. The molecule has 8 heteroatoms. The molecule has 2 aromatic rings. The van der Waals surface area contributed by atoms with Crippen molar-refractivity contribution in [1.82, 2.24) is 9.29 Å². The van der Waals surface area contributed by atoms with Crippen molar-refractivity contribution in [3.05, 3.63) is 39.3 Å². The van der Waals surface area contributed by atoms with E-state index in [2.05, 4.69) is 4.98 Å². The highest BCUT2D eigenvalue weighted by molar-refractivity contribution is 7.89. The number of benzene rings is 1. The van der Waals surface area contributed by atoms with Gasteiger partial charge < -0.3 is 4.74 Å². The number of hydrogen-bond acceptors (Lipinski definition) is 5. The molecule has 1 aromatic heterocycles. The lowest BCUT2D eigenvalue weighted by Gasteiger charge is -2.18. The average molecular weight is 347 g/mol. The van der Waals surface area contributed by atoms with Crippen LogP contribution in [0.1, 0.15) is 10.7 Å². The van der Waals surface area contributed by atoms with Crippen molar-refractivity contribution >= 4 is 33.0 Å². The summed E-state index contributed by atoms with van der Waals surface area (Å²) in [6, 6.07) is 4.51. The number of aromatic nitrogens is 1. The zero-order valence-corrected chi connectivity index (χ0v) is 14.2. The smallest absolute Gasteiger partial charge is 0.246 e. The minimum atomic E-state index is -3.70. The first-order valence-electron chi connectivity index (χ1n) is 6.05. The van der Waals surface area contributed by atoms with E-state index in [1.54, 1.807) is 6.07 Å². The maximum Gasteiger partial charge on any atom is 0.246 e. The quantitative estimate of drug-likeness (QED) is 0.835. The highest BCUT2D eigenvalue weighted by Gasteiger charge is 2.25. The van der Waals surface area contributed by atoms with Crippen molar-refractivity contribution in [1.29, 1.82) is 0 Å². The first kappa shape index (κ1) is 16.2. The molecular weight excluding hydrogens is 332 g/mol. The molecule has 0 fully saturated rings. The second-order valence-corrected chi connectivity index (χ2v) is 7.93. The van der Waals surface area contributed by atoms with Gasteiger partial charge >= 0.3 is 0 Å². The molecule has 2 rings (SSSR count). The predicted molar refractivity (Wildman–Crippen MR) is 83.5 cm³/mol. The van der Waals surface area contributed by atoms with E-state index in [9.17, 15) is 8.42 Å². The van der Waals surface area contributed by atoms with E-state index < -0.39 is 10.0 Å². The lowest BCUT2D eigenvalue weighted by atomic mass is 10.3. The van der Waals surface area contributed by atoms with Crippen LogP contribution in [0, 0.1) is 6.92 Å². The van der Waals surface area contributed by atoms with E-state index in [4.69, 9.17) is 16.3 Å². The topological polar surface area (TPSA) is 59.5 Å². The normalized spacial score (nSPS) is 11.9. The first-order valence-corrected chi connectivity index (χ1v) is 8.75. The van der Waals surface area contributed by atoms with Crippen molar-refractivity contribution < 1.29 is 13.2 Å². The van der Waals surface area contributed by atoms with Crippen molar-refractivity contribution in [3.63, 3.8) is 0 Å². The Morgan fingerprint density at radius 3 is 2.71 bits per heavy atom. The minimum Gasteiger partial charge on any atom is -0.495 e. The van der Waals surface area contributed by atoms with E-state index >= 15 is 0 Å². The van der Waals surface area contributed by atoms with Gasteiger partial charge in [-0.2, -0.15) is 4.31 Å². The molecule has 5 nitrogen and oxygen atoms in total. The Balaban J connectivity index is 2.35. The first-order chi connectivity index (χ1) is 9.84. The SMILES string of the molecule is COc1ccc(Cl)cc1S(=O)(=O)N(C)Cc1csc(C)n1. The van der Waals surface area contributed by atoms with Crippen LogP contribution in [0.2, 0.25) is 5.02 Å². The molecule has 0 aliphatic carbocycles. The summed E-state index contributed by atoms with van der Waals surface area (Å²) in [5.41, 5.74) is 0.713. The molecule has 0 radical (unpaired) electrons. The maximum absolute atomic E-state index is 12.6. The van der Waals surface area contributed by atoms with Crippen molar-refractivity contribution in [2.45, 2.75) is 18.4 Å². The second kappa shape index (κ2) is 6.31. The van der Waals surface area contributed by atoms with Crippen LogP contribution in [0.15, 0.2) is 28.5 Å². The summed E-state index contributed by atoms with van der Waals surface area (Å²) in [5.74, 6) is 0.265. The molecule has 0 spiro atoms. The molecule has 0 N–H and O–H groups in total. The van der Waals surface area contributed by atoms with Crippen molar-refractivity contribution in [2.24, 2.45) is 0 Å². The summed E-state index contributed by atoms with van der Waals surface area (Å²) >= 11 is 7.38. The number of halogens is 1. The van der Waals surface area contributed by atoms with Crippen LogP contribution in [0.5, 0.6) is 5.75 Å². The van der Waals surface area contributed by atoms with Gasteiger partial charge in [0.2, 0.25) is 10.0 Å². The summed E-state index contributed by atoms with van der Waals surface area (Å²) in [7, 11) is -0.778. The summed E-state index contributed by atoms with van der Waals surface area (Å²) < 4.78 is 31.6. The van der Waals surface area contributed by atoms with E-state index in [-0.39, 0.29) is 17.2 Å². The van der Waals surface area contributed by atoms with Gasteiger partial charge in [-0.1, -0.05) is 11.6 Å². The summed E-state index contributed by atoms with van der Waals surface area (Å²) in [4.78, 5) is 4.32. The largest absolute Gasteiger partial charge is 0.495 e. The van der Waals surface area contributed by atoms with Gasteiger partial charge in [0.1, 0.15) is 10.6 Å². The fourth-order valence-electron chi connectivity index (χ4n) is 1.81. The van der Waals surface area contributed by atoms with Gasteiger partial charge in [0.15, 0.2) is 0 Å². The Morgan fingerprint density at radius 2 is 2.14 bits per heavy atom. The zero-order chi connectivity index (χ0) is 15.6. The van der Waals surface area contributed by atoms with Gasteiger partial charge in [0.05, 0.1) is 24.4 Å². The molecule has 1 aromatic carbocycles. The summed E-state index contributed by atoms with van der Waals surface area (Å²) in [5, 5.41) is 3.08. The monoisotopic (exact) mass is 346 g/mol. The molecule has 21 heavy (non-hydrogen) atoms. The molecule has 1 heterocycles. The third-order valence-corrected chi connectivity index (χ3v) is 5.75. The van der Waals surface area contributed by atoms with Gasteiger partial charge in [-0.3, -0.25) is 0 Å². The molecule has 114 valence electrons. The molecule has 0 bridgehead atoms. The Kier molecular flexibility index (Phi) is 4.88. The fourth-order valence-corrected chi connectivity index (χ4v) is 3.97. The van der Waals surface area contributed by atoms with Gasteiger partial charge in [-0.25, -0.2) is 13.4 Å². The number of hydrogen-bond donors (Lipinski definition) is 0. The predicted octanol–water partition coefficient (Wildman–Crippen LogP) is 2.93. The molecule has 0 amide bonds. The molecule has 0 unspecified atom stereocenters. The van der Waals surface area contributed by atoms with Crippen LogP contribution in [-0.4, -0.2) is 31.9 Å². The molecule has 0 atom stereocenters. The van der Waals surface area contributed by atoms with Crippen LogP contribution >= 0.6 is 22.9 Å². The van der Waals surface area contributed by atoms with E-state index in [0.29, 0.717) is 10.7 Å². The number of sulfonamides is 1. The second-order valence-electron chi connectivity index (χ2n) is 4.41.